The van der Waals surface area contributed by atoms with Crippen LogP contribution in [-0.4, -0.2) is 28.2 Å². The molecule has 0 radical (unpaired) electrons. The van der Waals surface area contributed by atoms with Gasteiger partial charge in [0.15, 0.2) is 0 Å². The molecule has 2 fully saturated rings. The van der Waals surface area contributed by atoms with Crippen LogP contribution in [0.15, 0.2) is 29.2 Å². The van der Waals surface area contributed by atoms with Gasteiger partial charge in [-0.15, -0.1) is 0 Å². The molecule has 0 N–H and O–H groups in total. The van der Waals surface area contributed by atoms with Crippen molar-refractivity contribution >= 4 is 10.1 Å². The molecular formula is C13H16O4S. The van der Waals surface area contributed by atoms with Gasteiger partial charge >= 0.3 is 0 Å². The first-order chi connectivity index (χ1) is 8.58. The van der Waals surface area contributed by atoms with Crippen molar-refractivity contribution in [3.63, 3.8) is 0 Å². The lowest BCUT2D eigenvalue weighted by Gasteiger charge is -2.07. The maximum atomic E-state index is 11.9. The SMILES string of the molecule is Cc1ccc(S(=O)(=O)OCC2[C@H]3COC[C@@H]23)cc1. The molecule has 3 rings (SSSR count). The summed E-state index contributed by atoms with van der Waals surface area (Å²) in [5.41, 5.74) is 1.03. The van der Waals surface area contributed by atoms with Crippen LogP contribution in [0.2, 0.25) is 0 Å². The van der Waals surface area contributed by atoms with E-state index in [1.54, 1.807) is 24.3 Å². The molecule has 1 unspecified atom stereocenters. The lowest BCUT2D eigenvalue weighted by molar-refractivity contribution is 0.138. The van der Waals surface area contributed by atoms with Gasteiger partial charge in [-0.3, -0.25) is 4.18 Å². The van der Waals surface area contributed by atoms with Gasteiger partial charge in [-0.05, 0) is 36.8 Å². The van der Waals surface area contributed by atoms with Crippen molar-refractivity contribution < 1.29 is 17.3 Å². The number of hydrogen-bond acceptors (Lipinski definition) is 4. The number of rotatable bonds is 4. The third-order valence-corrected chi connectivity index (χ3v) is 5.15. The van der Waals surface area contributed by atoms with Crippen molar-refractivity contribution in [1.82, 2.24) is 0 Å². The third kappa shape index (κ3) is 2.18. The van der Waals surface area contributed by atoms with E-state index in [-0.39, 0.29) is 11.5 Å². The lowest BCUT2D eigenvalue weighted by Crippen LogP contribution is -2.12. The Labute approximate surface area is 107 Å². The Hall–Kier alpha value is -0.910. The predicted octanol–water partition coefficient (Wildman–Crippen LogP) is 1.59. The number of benzene rings is 1. The fourth-order valence-electron chi connectivity index (χ4n) is 2.55. The molecule has 2 aliphatic rings. The van der Waals surface area contributed by atoms with Gasteiger partial charge in [-0.2, -0.15) is 8.42 Å². The largest absolute Gasteiger partial charge is 0.381 e. The lowest BCUT2D eigenvalue weighted by atomic mass is 10.2. The van der Waals surface area contributed by atoms with Crippen LogP contribution >= 0.6 is 0 Å². The molecule has 0 amide bonds. The summed E-state index contributed by atoms with van der Waals surface area (Å²) in [4.78, 5) is 0.232. The van der Waals surface area contributed by atoms with E-state index in [1.165, 1.54) is 0 Å². The maximum absolute atomic E-state index is 11.9. The van der Waals surface area contributed by atoms with E-state index in [0.29, 0.717) is 17.8 Å². The van der Waals surface area contributed by atoms with Crippen molar-refractivity contribution in [3.05, 3.63) is 29.8 Å². The van der Waals surface area contributed by atoms with Gasteiger partial charge in [-0.25, -0.2) is 0 Å². The zero-order valence-electron chi connectivity index (χ0n) is 10.2. The second-order valence-corrected chi connectivity index (χ2v) is 6.70. The summed E-state index contributed by atoms with van der Waals surface area (Å²) in [6.45, 7) is 3.71. The van der Waals surface area contributed by atoms with Crippen molar-refractivity contribution in [1.29, 1.82) is 0 Å². The standard InChI is InChI=1S/C13H16O4S/c1-9-2-4-10(5-3-9)18(14,15)17-8-13-11-6-16-7-12(11)13/h2-5,11-13H,6-8H2,1H3/t11-,12+,13?. The molecule has 1 saturated heterocycles. The second-order valence-electron chi connectivity index (χ2n) is 5.08. The highest BCUT2D eigenvalue weighted by Gasteiger charge is 2.54. The molecular weight excluding hydrogens is 252 g/mol. The minimum atomic E-state index is -3.60. The van der Waals surface area contributed by atoms with E-state index in [9.17, 15) is 8.42 Å². The summed E-state index contributed by atoms with van der Waals surface area (Å²) >= 11 is 0. The molecule has 3 atom stereocenters. The highest BCUT2D eigenvalue weighted by molar-refractivity contribution is 7.86. The smallest absolute Gasteiger partial charge is 0.296 e. The first kappa shape index (κ1) is 12.1. The normalized spacial score (nSPS) is 30.2. The third-order valence-electron chi connectivity index (χ3n) is 3.85. The summed E-state index contributed by atoms with van der Waals surface area (Å²) in [6, 6.07) is 6.72. The second kappa shape index (κ2) is 4.33. The van der Waals surface area contributed by atoms with Gasteiger partial charge < -0.3 is 4.74 Å². The molecule has 1 aliphatic carbocycles. The predicted molar refractivity (Wildman–Crippen MR) is 65.6 cm³/mol. The van der Waals surface area contributed by atoms with Crippen LogP contribution in [0.4, 0.5) is 0 Å². The molecule has 1 aromatic carbocycles. The first-order valence-electron chi connectivity index (χ1n) is 6.12. The fourth-order valence-corrected chi connectivity index (χ4v) is 3.49. The van der Waals surface area contributed by atoms with Crippen molar-refractivity contribution in [3.8, 4) is 0 Å². The zero-order chi connectivity index (χ0) is 12.8. The Kier molecular flexibility index (Phi) is 2.92. The molecule has 18 heavy (non-hydrogen) atoms. The van der Waals surface area contributed by atoms with Crippen LogP contribution in [0.1, 0.15) is 5.56 Å². The number of hydrogen-bond donors (Lipinski definition) is 0. The minimum absolute atomic E-state index is 0.232. The summed E-state index contributed by atoms with van der Waals surface area (Å²) in [5.74, 6) is 1.38. The van der Waals surface area contributed by atoms with E-state index >= 15 is 0 Å². The van der Waals surface area contributed by atoms with E-state index in [2.05, 4.69) is 0 Å². The first-order valence-corrected chi connectivity index (χ1v) is 7.52. The molecule has 1 saturated carbocycles. The van der Waals surface area contributed by atoms with Crippen LogP contribution in [0.3, 0.4) is 0 Å². The number of ether oxygens (including phenoxy) is 1. The van der Waals surface area contributed by atoms with Crippen LogP contribution in [0, 0.1) is 24.7 Å². The molecule has 0 aromatic heterocycles. The summed E-state index contributed by atoms with van der Waals surface area (Å²) in [5, 5.41) is 0. The fraction of sp³-hybridized carbons (Fsp3) is 0.538. The van der Waals surface area contributed by atoms with E-state index in [1.807, 2.05) is 6.92 Å². The van der Waals surface area contributed by atoms with Crippen LogP contribution in [0.5, 0.6) is 0 Å². The van der Waals surface area contributed by atoms with E-state index in [0.717, 1.165) is 18.8 Å². The average molecular weight is 268 g/mol. The molecule has 1 aliphatic heterocycles. The number of fused-ring (bicyclic) bond motifs is 1. The van der Waals surface area contributed by atoms with Crippen LogP contribution in [0.25, 0.3) is 0 Å². The highest BCUT2D eigenvalue weighted by Crippen LogP contribution is 2.50. The van der Waals surface area contributed by atoms with Gasteiger partial charge in [-0.1, -0.05) is 17.7 Å². The Morgan fingerprint density at radius 3 is 2.44 bits per heavy atom. The molecule has 4 nitrogen and oxygen atoms in total. The molecule has 0 bridgehead atoms. The van der Waals surface area contributed by atoms with Gasteiger partial charge in [0.1, 0.15) is 0 Å². The zero-order valence-corrected chi connectivity index (χ0v) is 11.0. The van der Waals surface area contributed by atoms with Crippen LogP contribution < -0.4 is 0 Å². The van der Waals surface area contributed by atoms with Crippen LogP contribution in [-0.2, 0) is 19.0 Å². The monoisotopic (exact) mass is 268 g/mol. The Balaban J connectivity index is 1.63. The quantitative estimate of drug-likeness (QED) is 0.778. The maximum Gasteiger partial charge on any atom is 0.296 e. The Morgan fingerprint density at radius 1 is 1.22 bits per heavy atom. The molecule has 1 aromatic rings. The topological polar surface area (TPSA) is 52.6 Å². The Morgan fingerprint density at radius 2 is 1.83 bits per heavy atom. The van der Waals surface area contributed by atoms with E-state index in [4.69, 9.17) is 8.92 Å². The summed E-state index contributed by atoms with van der Waals surface area (Å²) in [6.07, 6.45) is 0. The van der Waals surface area contributed by atoms with Crippen molar-refractivity contribution in [2.75, 3.05) is 19.8 Å². The summed E-state index contributed by atoms with van der Waals surface area (Å²) in [7, 11) is -3.60. The van der Waals surface area contributed by atoms with Crippen molar-refractivity contribution in [2.45, 2.75) is 11.8 Å². The molecule has 5 heteroatoms. The van der Waals surface area contributed by atoms with Gasteiger partial charge in [0, 0.05) is 0 Å². The molecule has 0 spiro atoms. The molecule has 98 valence electrons. The number of aryl methyl sites for hydroxylation is 1. The summed E-state index contributed by atoms with van der Waals surface area (Å²) < 4.78 is 34.3. The highest BCUT2D eigenvalue weighted by atomic mass is 32.2. The Bertz CT molecular complexity index is 525. The van der Waals surface area contributed by atoms with Crippen molar-refractivity contribution in [2.24, 2.45) is 17.8 Å². The van der Waals surface area contributed by atoms with Gasteiger partial charge in [0.25, 0.3) is 10.1 Å². The average Bonchev–Trinajstić information content (AvgIpc) is 2.78. The van der Waals surface area contributed by atoms with E-state index < -0.39 is 10.1 Å². The molecule has 1 heterocycles. The minimum Gasteiger partial charge on any atom is -0.381 e. The van der Waals surface area contributed by atoms with Gasteiger partial charge in [0.05, 0.1) is 24.7 Å². The van der Waals surface area contributed by atoms with Gasteiger partial charge in [0.2, 0.25) is 0 Å².